The van der Waals surface area contributed by atoms with Gasteiger partial charge < -0.3 is 15.5 Å². The second-order valence-electron chi connectivity index (χ2n) is 8.73. The molecule has 5 rings (SSSR count). The Kier molecular flexibility index (Phi) is 5.51. The van der Waals surface area contributed by atoms with Crippen molar-refractivity contribution in [2.45, 2.75) is 44.7 Å². The number of fused-ring (bicyclic) bond motifs is 1. The maximum absolute atomic E-state index is 14.0. The van der Waals surface area contributed by atoms with E-state index < -0.39 is 5.82 Å². The number of hydrogen-bond acceptors (Lipinski definition) is 5. The molecule has 0 aliphatic carbocycles. The fraction of sp³-hybridized carbons (Fsp3) is 0.435. The lowest BCUT2D eigenvalue weighted by Gasteiger charge is -2.35. The van der Waals surface area contributed by atoms with Crippen LogP contribution in [0, 0.1) is 12.7 Å². The third-order valence-electron chi connectivity index (χ3n) is 6.44. The lowest BCUT2D eigenvalue weighted by molar-refractivity contribution is 0.0605. The van der Waals surface area contributed by atoms with Crippen molar-refractivity contribution in [1.82, 2.24) is 19.5 Å². The van der Waals surface area contributed by atoms with Crippen LogP contribution in [-0.4, -0.2) is 51.1 Å². The molecule has 168 valence electrons. The normalized spacial score (nSPS) is 21.5. The Morgan fingerprint density at radius 3 is 2.88 bits per heavy atom. The first kappa shape index (κ1) is 21.2. The Morgan fingerprint density at radius 1 is 1.25 bits per heavy atom. The van der Waals surface area contributed by atoms with Crippen LogP contribution < -0.4 is 10.6 Å². The van der Waals surface area contributed by atoms with Gasteiger partial charge in [0.15, 0.2) is 5.65 Å². The highest BCUT2D eigenvalue weighted by atomic mass is 35.5. The molecule has 7 nitrogen and oxygen atoms in total. The van der Waals surface area contributed by atoms with Crippen molar-refractivity contribution in [1.29, 1.82) is 0 Å². The quantitative estimate of drug-likeness (QED) is 0.649. The van der Waals surface area contributed by atoms with E-state index in [1.165, 1.54) is 12.1 Å². The third-order valence-corrected chi connectivity index (χ3v) is 6.82. The fourth-order valence-electron chi connectivity index (χ4n) is 4.79. The Hall–Kier alpha value is -2.71. The number of halogens is 2. The number of amides is 1. The van der Waals surface area contributed by atoms with E-state index in [1.807, 2.05) is 19.2 Å². The minimum absolute atomic E-state index is 0.137. The van der Waals surface area contributed by atoms with Gasteiger partial charge in [0.05, 0.1) is 22.3 Å². The van der Waals surface area contributed by atoms with Gasteiger partial charge >= 0.3 is 0 Å². The molecule has 0 bridgehead atoms. The van der Waals surface area contributed by atoms with E-state index in [2.05, 4.69) is 4.90 Å². The van der Waals surface area contributed by atoms with Gasteiger partial charge in [-0.1, -0.05) is 17.7 Å². The Balaban J connectivity index is 1.48. The maximum Gasteiger partial charge on any atom is 0.256 e. The van der Waals surface area contributed by atoms with E-state index in [9.17, 15) is 9.18 Å². The number of nitrogens with two attached hydrogens (primary N) is 1. The Bertz CT molecular complexity index is 1180. The van der Waals surface area contributed by atoms with E-state index in [-0.39, 0.29) is 28.6 Å². The number of likely N-dealkylation sites (tertiary alicyclic amines) is 1. The van der Waals surface area contributed by atoms with Gasteiger partial charge in [-0.2, -0.15) is 5.10 Å². The standard InChI is InChI=1S/C23H26ClFN6O/c1-14-12-31-20(27-22(14)29-10-8-15(26)13-29)11-18(28-31)19-7-2-3-9-30(19)23(32)16-5-4-6-17(25)21(16)24/h4-6,11-12,15,19H,2-3,7-10,13,26H2,1H3/t15-,19-/m0/s1. The molecule has 2 saturated heterocycles. The van der Waals surface area contributed by atoms with Crippen LogP contribution in [0.3, 0.4) is 0 Å². The lowest BCUT2D eigenvalue weighted by Crippen LogP contribution is -2.39. The molecule has 1 amide bonds. The van der Waals surface area contributed by atoms with Crippen LogP contribution in [0.5, 0.6) is 0 Å². The van der Waals surface area contributed by atoms with Crippen molar-refractivity contribution >= 4 is 29.0 Å². The minimum atomic E-state index is -0.590. The molecule has 9 heteroatoms. The number of anilines is 1. The van der Waals surface area contributed by atoms with Crippen molar-refractivity contribution in [3.05, 3.63) is 58.1 Å². The summed E-state index contributed by atoms with van der Waals surface area (Å²) in [4.78, 5) is 22.1. The van der Waals surface area contributed by atoms with Crippen molar-refractivity contribution in [3.8, 4) is 0 Å². The SMILES string of the molecule is Cc1cn2nc([C@@H]3CCCCN3C(=O)c3cccc(F)c3Cl)cc2nc1N1CC[C@H](N)C1. The average Bonchev–Trinajstić information content (AvgIpc) is 3.40. The van der Waals surface area contributed by atoms with E-state index in [0.717, 1.165) is 61.5 Å². The molecule has 0 saturated carbocycles. The smallest absolute Gasteiger partial charge is 0.256 e. The molecule has 1 aromatic carbocycles. The van der Waals surface area contributed by atoms with Crippen LogP contribution in [-0.2, 0) is 0 Å². The van der Waals surface area contributed by atoms with Crippen molar-refractivity contribution < 1.29 is 9.18 Å². The second-order valence-corrected chi connectivity index (χ2v) is 9.10. The number of rotatable bonds is 3. The van der Waals surface area contributed by atoms with Crippen LogP contribution in [0.2, 0.25) is 5.02 Å². The first-order valence-electron chi connectivity index (χ1n) is 11.0. The van der Waals surface area contributed by atoms with Gasteiger partial charge in [-0.05, 0) is 44.7 Å². The number of benzene rings is 1. The number of piperidine rings is 1. The summed E-state index contributed by atoms with van der Waals surface area (Å²) >= 11 is 6.11. The number of hydrogen-bond donors (Lipinski definition) is 1. The summed E-state index contributed by atoms with van der Waals surface area (Å²) in [6, 6.07) is 6.25. The van der Waals surface area contributed by atoms with Gasteiger partial charge in [0.2, 0.25) is 0 Å². The van der Waals surface area contributed by atoms with Gasteiger partial charge in [0.25, 0.3) is 5.91 Å². The van der Waals surface area contributed by atoms with E-state index in [0.29, 0.717) is 6.54 Å². The first-order valence-corrected chi connectivity index (χ1v) is 11.4. The molecule has 2 atom stereocenters. The van der Waals surface area contributed by atoms with Crippen LogP contribution in [0.25, 0.3) is 5.65 Å². The molecule has 0 spiro atoms. The second kappa shape index (κ2) is 8.33. The number of aryl methyl sites for hydroxylation is 1. The van der Waals surface area contributed by atoms with Crippen LogP contribution in [0.15, 0.2) is 30.5 Å². The highest BCUT2D eigenvalue weighted by Crippen LogP contribution is 2.34. The molecule has 3 aromatic rings. The Morgan fingerprint density at radius 2 is 2.09 bits per heavy atom. The molecule has 2 aromatic heterocycles. The van der Waals surface area contributed by atoms with Gasteiger partial charge in [-0.3, -0.25) is 4.79 Å². The van der Waals surface area contributed by atoms with Gasteiger partial charge in [0, 0.05) is 43.5 Å². The van der Waals surface area contributed by atoms with E-state index in [1.54, 1.807) is 15.5 Å². The summed E-state index contributed by atoms with van der Waals surface area (Å²) in [6.07, 6.45) is 5.60. The zero-order valence-electron chi connectivity index (χ0n) is 18.0. The largest absolute Gasteiger partial charge is 0.355 e. The van der Waals surface area contributed by atoms with Crippen molar-refractivity contribution in [3.63, 3.8) is 0 Å². The molecule has 0 unspecified atom stereocenters. The predicted octanol–water partition coefficient (Wildman–Crippen LogP) is 3.74. The molecular weight excluding hydrogens is 431 g/mol. The zero-order chi connectivity index (χ0) is 22.4. The maximum atomic E-state index is 14.0. The van der Waals surface area contributed by atoms with E-state index >= 15 is 0 Å². The average molecular weight is 457 g/mol. The van der Waals surface area contributed by atoms with Gasteiger partial charge in [0.1, 0.15) is 11.6 Å². The molecule has 2 aliphatic rings. The number of nitrogens with zero attached hydrogens (tertiary/aromatic N) is 5. The fourth-order valence-corrected chi connectivity index (χ4v) is 4.99. The zero-order valence-corrected chi connectivity index (χ0v) is 18.7. The highest BCUT2D eigenvalue weighted by Gasteiger charge is 2.32. The molecule has 2 aliphatic heterocycles. The van der Waals surface area contributed by atoms with Gasteiger partial charge in [-0.15, -0.1) is 0 Å². The molecular formula is C23H26ClFN6O. The summed E-state index contributed by atoms with van der Waals surface area (Å²) in [5.74, 6) is 0.0693. The van der Waals surface area contributed by atoms with Crippen LogP contribution in [0.4, 0.5) is 10.2 Å². The number of carbonyl (C=O) groups is 1. The lowest BCUT2D eigenvalue weighted by atomic mass is 9.98. The third kappa shape index (κ3) is 3.71. The first-order chi connectivity index (χ1) is 15.4. The van der Waals surface area contributed by atoms with E-state index in [4.69, 9.17) is 27.4 Å². The summed E-state index contributed by atoms with van der Waals surface area (Å²) in [6.45, 7) is 4.29. The Labute approximate surface area is 191 Å². The van der Waals surface area contributed by atoms with Crippen molar-refractivity contribution in [2.24, 2.45) is 5.73 Å². The topological polar surface area (TPSA) is 79.8 Å². The number of aromatic nitrogens is 3. The summed E-state index contributed by atoms with van der Waals surface area (Å²) in [5.41, 5.74) is 8.82. The van der Waals surface area contributed by atoms with Crippen molar-refractivity contribution in [2.75, 3.05) is 24.5 Å². The predicted molar refractivity (Wildman–Crippen MR) is 122 cm³/mol. The number of carbonyl (C=O) groups excluding carboxylic acids is 1. The highest BCUT2D eigenvalue weighted by molar-refractivity contribution is 6.34. The van der Waals surface area contributed by atoms with Crippen LogP contribution >= 0.6 is 11.6 Å². The molecule has 2 N–H and O–H groups in total. The molecule has 4 heterocycles. The molecule has 32 heavy (non-hydrogen) atoms. The molecule has 0 radical (unpaired) electrons. The minimum Gasteiger partial charge on any atom is -0.355 e. The summed E-state index contributed by atoms with van der Waals surface area (Å²) < 4.78 is 15.7. The van der Waals surface area contributed by atoms with Crippen LogP contribution in [0.1, 0.15) is 53.3 Å². The summed E-state index contributed by atoms with van der Waals surface area (Å²) in [5, 5.41) is 4.62. The monoisotopic (exact) mass is 456 g/mol. The van der Waals surface area contributed by atoms with Gasteiger partial charge in [-0.25, -0.2) is 13.9 Å². The molecule has 2 fully saturated rings. The summed E-state index contributed by atoms with van der Waals surface area (Å²) in [7, 11) is 0.